The first-order chi connectivity index (χ1) is 12.9. The molecule has 0 aliphatic heterocycles. The number of nitrogens with two attached hydrogens (primary N) is 1. The molecule has 0 spiro atoms. The Hall–Kier alpha value is -3.42. The summed E-state index contributed by atoms with van der Waals surface area (Å²) >= 11 is 0. The van der Waals surface area contributed by atoms with Crippen molar-refractivity contribution in [3.05, 3.63) is 69.8 Å². The smallest absolute Gasteiger partial charge is 0.269 e. The van der Waals surface area contributed by atoms with Gasteiger partial charge in [0, 0.05) is 30.5 Å². The summed E-state index contributed by atoms with van der Waals surface area (Å²) in [6.45, 7) is 0. The molecular weight excluding hydrogens is 350 g/mol. The van der Waals surface area contributed by atoms with E-state index in [2.05, 4.69) is 5.32 Å². The molecule has 8 nitrogen and oxygen atoms in total. The van der Waals surface area contributed by atoms with Crippen molar-refractivity contribution in [3.63, 3.8) is 0 Å². The van der Waals surface area contributed by atoms with Crippen LogP contribution in [0.4, 0.5) is 5.69 Å². The topological polar surface area (TPSA) is 125 Å². The summed E-state index contributed by atoms with van der Waals surface area (Å²) in [4.78, 5) is 34.4. The molecule has 2 amide bonds. The zero-order valence-corrected chi connectivity index (χ0v) is 14.9. The van der Waals surface area contributed by atoms with Gasteiger partial charge in [0.2, 0.25) is 11.8 Å². The predicted octanol–water partition coefficient (Wildman–Crippen LogP) is 1.75. The summed E-state index contributed by atoms with van der Waals surface area (Å²) < 4.78 is 5.18. The highest BCUT2D eigenvalue weighted by Gasteiger charge is 2.22. The van der Waals surface area contributed by atoms with E-state index in [1.807, 2.05) is 30.3 Å². The lowest BCUT2D eigenvalue weighted by Crippen LogP contribution is -2.46. The van der Waals surface area contributed by atoms with Crippen LogP contribution in [-0.4, -0.2) is 29.9 Å². The monoisotopic (exact) mass is 371 g/mol. The SMILES string of the molecule is COc1ccc([N+](=O)[O-])cc1C[C@@H](NC(=O)CCc1ccccc1)C(N)=O. The molecule has 3 N–H and O–H groups in total. The number of hydrogen-bond donors (Lipinski definition) is 2. The predicted molar refractivity (Wildman–Crippen MR) is 99.2 cm³/mol. The highest BCUT2D eigenvalue weighted by Crippen LogP contribution is 2.25. The van der Waals surface area contributed by atoms with Crippen LogP contribution in [-0.2, 0) is 22.4 Å². The van der Waals surface area contributed by atoms with Gasteiger partial charge in [-0.05, 0) is 18.1 Å². The molecule has 0 aliphatic rings. The number of primary amides is 1. The number of rotatable bonds is 9. The molecule has 142 valence electrons. The molecule has 2 aromatic rings. The van der Waals surface area contributed by atoms with Gasteiger partial charge in [-0.15, -0.1) is 0 Å². The second-order valence-corrected chi connectivity index (χ2v) is 5.97. The molecule has 0 saturated heterocycles. The molecule has 0 radical (unpaired) electrons. The van der Waals surface area contributed by atoms with Crippen LogP contribution in [0.25, 0.3) is 0 Å². The van der Waals surface area contributed by atoms with Crippen molar-refractivity contribution in [2.45, 2.75) is 25.3 Å². The van der Waals surface area contributed by atoms with Gasteiger partial charge in [0.25, 0.3) is 5.69 Å². The van der Waals surface area contributed by atoms with E-state index in [1.165, 1.54) is 25.3 Å². The van der Waals surface area contributed by atoms with Gasteiger partial charge < -0.3 is 15.8 Å². The van der Waals surface area contributed by atoms with Crippen LogP contribution in [0.2, 0.25) is 0 Å². The second kappa shape index (κ2) is 9.33. The maximum Gasteiger partial charge on any atom is 0.269 e. The van der Waals surface area contributed by atoms with Crippen molar-refractivity contribution in [1.29, 1.82) is 0 Å². The summed E-state index contributed by atoms with van der Waals surface area (Å²) in [5.74, 6) is -0.672. The summed E-state index contributed by atoms with van der Waals surface area (Å²) in [5.41, 5.74) is 6.69. The summed E-state index contributed by atoms with van der Waals surface area (Å²) in [6.07, 6.45) is 0.718. The minimum absolute atomic E-state index is 0.00271. The Morgan fingerprint density at radius 3 is 2.52 bits per heavy atom. The molecule has 0 saturated carbocycles. The molecule has 0 heterocycles. The third-order valence-corrected chi connectivity index (χ3v) is 4.06. The fourth-order valence-corrected chi connectivity index (χ4v) is 2.65. The van der Waals surface area contributed by atoms with Crippen LogP contribution < -0.4 is 15.8 Å². The lowest BCUT2D eigenvalue weighted by Gasteiger charge is -2.17. The Balaban J connectivity index is 2.07. The van der Waals surface area contributed by atoms with Crippen molar-refractivity contribution in [2.24, 2.45) is 5.73 Å². The quantitative estimate of drug-likeness (QED) is 0.513. The molecule has 2 rings (SSSR count). The van der Waals surface area contributed by atoms with Gasteiger partial charge in [0.1, 0.15) is 11.8 Å². The Kier molecular flexibility index (Phi) is 6.87. The van der Waals surface area contributed by atoms with E-state index in [9.17, 15) is 19.7 Å². The molecule has 0 aromatic heterocycles. The van der Waals surface area contributed by atoms with Crippen LogP contribution in [0, 0.1) is 10.1 Å². The van der Waals surface area contributed by atoms with Crippen molar-refractivity contribution in [1.82, 2.24) is 5.32 Å². The van der Waals surface area contributed by atoms with E-state index >= 15 is 0 Å². The molecule has 0 bridgehead atoms. The van der Waals surface area contributed by atoms with Crippen LogP contribution in [0.15, 0.2) is 48.5 Å². The number of nitrogens with zero attached hydrogens (tertiary/aromatic N) is 1. The Morgan fingerprint density at radius 1 is 1.22 bits per heavy atom. The van der Waals surface area contributed by atoms with E-state index in [4.69, 9.17) is 10.5 Å². The lowest BCUT2D eigenvalue weighted by molar-refractivity contribution is -0.384. The molecule has 2 aromatic carbocycles. The fraction of sp³-hybridized carbons (Fsp3) is 0.263. The summed E-state index contributed by atoms with van der Waals surface area (Å²) in [6, 6.07) is 12.5. The minimum Gasteiger partial charge on any atom is -0.496 e. The van der Waals surface area contributed by atoms with Crippen LogP contribution in [0.1, 0.15) is 17.5 Å². The minimum atomic E-state index is -0.996. The lowest BCUT2D eigenvalue weighted by atomic mass is 10.0. The first-order valence-corrected chi connectivity index (χ1v) is 8.34. The summed E-state index contributed by atoms with van der Waals surface area (Å²) in [7, 11) is 1.42. The van der Waals surface area contributed by atoms with E-state index in [0.29, 0.717) is 17.7 Å². The largest absolute Gasteiger partial charge is 0.496 e. The number of nitro groups is 1. The number of ether oxygens (including phenoxy) is 1. The third kappa shape index (κ3) is 5.81. The number of non-ortho nitro benzene ring substituents is 1. The average Bonchev–Trinajstić information content (AvgIpc) is 2.66. The molecule has 1 atom stereocenters. The van der Waals surface area contributed by atoms with Crippen molar-refractivity contribution >= 4 is 17.5 Å². The highest BCUT2D eigenvalue weighted by atomic mass is 16.6. The molecule has 0 unspecified atom stereocenters. The number of methoxy groups -OCH3 is 1. The van der Waals surface area contributed by atoms with Gasteiger partial charge in [-0.3, -0.25) is 19.7 Å². The van der Waals surface area contributed by atoms with Gasteiger partial charge in [0.15, 0.2) is 0 Å². The van der Waals surface area contributed by atoms with E-state index in [0.717, 1.165) is 5.56 Å². The zero-order chi connectivity index (χ0) is 19.8. The van der Waals surface area contributed by atoms with Crippen LogP contribution in [0.3, 0.4) is 0 Å². The van der Waals surface area contributed by atoms with Crippen LogP contribution in [0.5, 0.6) is 5.75 Å². The van der Waals surface area contributed by atoms with Gasteiger partial charge in [-0.25, -0.2) is 0 Å². The number of benzene rings is 2. The van der Waals surface area contributed by atoms with Crippen molar-refractivity contribution < 1.29 is 19.2 Å². The second-order valence-electron chi connectivity index (χ2n) is 5.97. The number of hydrogen-bond acceptors (Lipinski definition) is 5. The Bertz CT molecular complexity index is 823. The normalized spacial score (nSPS) is 11.4. The number of aryl methyl sites for hydroxylation is 1. The Morgan fingerprint density at radius 2 is 1.93 bits per heavy atom. The number of carbonyl (C=O) groups is 2. The molecule has 27 heavy (non-hydrogen) atoms. The van der Waals surface area contributed by atoms with E-state index in [-0.39, 0.29) is 24.4 Å². The number of carbonyl (C=O) groups excluding carboxylic acids is 2. The third-order valence-electron chi connectivity index (χ3n) is 4.06. The van der Waals surface area contributed by atoms with Gasteiger partial charge in [0.05, 0.1) is 12.0 Å². The van der Waals surface area contributed by atoms with Gasteiger partial charge in [-0.2, -0.15) is 0 Å². The maximum absolute atomic E-state index is 12.2. The van der Waals surface area contributed by atoms with Gasteiger partial charge in [-0.1, -0.05) is 30.3 Å². The Labute approximate surface area is 156 Å². The zero-order valence-electron chi connectivity index (χ0n) is 14.9. The molecule has 0 fully saturated rings. The molecule has 0 aliphatic carbocycles. The standard InChI is InChI=1S/C19H21N3O5/c1-27-17-9-8-15(22(25)26)11-14(17)12-16(19(20)24)21-18(23)10-7-13-5-3-2-4-6-13/h2-6,8-9,11,16H,7,10,12H2,1H3,(H2,20,24)(H,21,23)/t16-/m1/s1. The number of nitro benzene ring substituents is 1. The fourth-order valence-electron chi connectivity index (χ4n) is 2.65. The number of nitrogens with one attached hydrogen (secondary N) is 1. The average molecular weight is 371 g/mol. The maximum atomic E-state index is 12.2. The first kappa shape index (κ1) is 19.9. The number of amides is 2. The van der Waals surface area contributed by atoms with Crippen molar-refractivity contribution in [3.8, 4) is 5.75 Å². The highest BCUT2D eigenvalue weighted by molar-refractivity contribution is 5.87. The molecular formula is C19H21N3O5. The van der Waals surface area contributed by atoms with E-state index in [1.54, 1.807) is 0 Å². The van der Waals surface area contributed by atoms with Gasteiger partial charge >= 0.3 is 0 Å². The van der Waals surface area contributed by atoms with Crippen molar-refractivity contribution in [2.75, 3.05) is 7.11 Å². The first-order valence-electron chi connectivity index (χ1n) is 8.34. The summed E-state index contributed by atoms with van der Waals surface area (Å²) in [5, 5.41) is 13.6. The van der Waals surface area contributed by atoms with E-state index < -0.39 is 16.9 Å². The molecule has 8 heteroatoms. The van der Waals surface area contributed by atoms with Crippen LogP contribution >= 0.6 is 0 Å².